The first-order chi connectivity index (χ1) is 9.10. The molecular weight excluding hydrogens is 264 g/mol. The lowest BCUT2D eigenvalue weighted by atomic mass is 10.1. The van der Waals surface area contributed by atoms with Gasteiger partial charge in [-0.3, -0.25) is 10.2 Å². The molecular formula is C13H15ClN4O. The maximum Gasteiger partial charge on any atom is 0.237 e. The summed E-state index contributed by atoms with van der Waals surface area (Å²) in [6.45, 7) is 1.81. The van der Waals surface area contributed by atoms with Crippen molar-refractivity contribution in [2.45, 2.75) is 13.3 Å². The minimum atomic E-state index is -0.215. The quantitative estimate of drug-likeness (QED) is 0.508. The number of halogens is 1. The molecule has 0 aliphatic carbocycles. The van der Waals surface area contributed by atoms with Crippen molar-refractivity contribution in [3.63, 3.8) is 0 Å². The van der Waals surface area contributed by atoms with Gasteiger partial charge in [0.2, 0.25) is 5.91 Å². The van der Waals surface area contributed by atoms with Crippen LogP contribution in [0, 0.1) is 5.92 Å². The number of carbonyl (C=O) groups is 1. The van der Waals surface area contributed by atoms with E-state index in [1.54, 1.807) is 13.3 Å². The monoisotopic (exact) mass is 278 g/mol. The van der Waals surface area contributed by atoms with Crippen LogP contribution in [0.1, 0.15) is 12.6 Å². The van der Waals surface area contributed by atoms with Gasteiger partial charge in [-0.05, 0) is 18.2 Å². The van der Waals surface area contributed by atoms with Gasteiger partial charge in [0.15, 0.2) is 0 Å². The van der Waals surface area contributed by atoms with Crippen molar-refractivity contribution in [3.8, 4) is 5.69 Å². The van der Waals surface area contributed by atoms with Crippen LogP contribution in [0.4, 0.5) is 0 Å². The minimum Gasteiger partial charge on any atom is -0.306 e. The Kier molecular flexibility index (Phi) is 4.19. The molecule has 5 nitrogen and oxygen atoms in total. The van der Waals surface area contributed by atoms with E-state index in [1.807, 2.05) is 35.0 Å². The van der Waals surface area contributed by atoms with Gasteiger partial charge >= 0.3 is 0 Å². The smallest absolute Gasteiger partial charge is 0.237 e. The van der Waals surface area contributed by atoms with Gasteiger partial charge in [-0.1, -0.05) is 24.6 Å². The molecule has 1 heterocycles. The number of nitrogens with two attached hydrogens (primary N) is 1. The van der Waals surface area contributed by atoms with E-state index in [1.165, 1.54) is 0 Å². The number of aromatic nitrogens is 2. The second kappa shape index (κ2) is 5.86. The molecule has 1 atom stereocenters. The highest BCUT2D eigenvalue weighted by Crippen LogP contribution is 2.16. The van der Waals surface area contributed by atoms with E-state index in [2.05, 4.69) is 10.4 Å². The summed E-state index contributed by atoms with van der Waals surface area (Å²) in [5.74, 6) is 4.69. The second-order valence-corrected chi connectivity index (χ2v) is 4.80. The van der Waals surface area contributed by atoms with Crippen LogP contribution in [0.3, 0.4) is 0 Å². The van der Waals surface area contributed by atoms with E-state index < -0.39 is 0 Å². The first-order valence-electron chi connectivity index (χ1n) is 5.89. The summed E-state index contributed by atoms with van der Waals surface area (Å²) in [4.78, 5) is 15.6. The molecule has 100 valence electrons. The molecule has 2 aromatic rings. The van der Waals surface area contributed by atoms with Crippen LogP contribution in [0.2, 0.25) is 5.02 Å². The van der Waals surface area contributed by atoms with Crippen molar-refractivity contribution in [3.05, 3.63) is 47.5 Å². The number of carbonyl (C=O) groups excluding carboxylic acids is 1. The lowest BCUT2D eigenvalue weighted by Gasteiger charge is -2.06. The molecule has 1 unspecified atom stereocenters. The van der Waals surface area contributed by atoms with E-state index in [-0.39, 0.29) is 11.8 Å². The summed E-state index contributed by atoms with van der Waals surface area (Å²) in [6, 6.07) is 7.48. The summed E-state index contributed by atoms with van der Waals surface area (Å²) in [6.07, 6.45) is 4.12. The van der Waals surface area contributed by atoms with Crippen molar-refractivity contribution < 1.29 is 4.79 Å². The van der Waals surface area contributed by atoms with Crippen molar-refractivity contribution in [1.82, 2.24) is 15.0 Å². The number of amides is 1. The van der Waals surface area contributed by atoms with Gasteiger partial charge in [0, 0.05) is 29.2 Å². The molecule has 0 aliphatic heterocycles. The Morgan fingerprint density at radius 3 is 3.05 bits per heavy atom. The predicted octanol–water partition coefficient (Wildman–Crippen LogP) is 1.69. The molecule has 0 bridgehead atoms. The number of nitrogens with one attached hydrogen (secondary N) is 1. The summed E-state index contributed by atoms with van der Waals surface area (Å²) >= 11 is 5.95. The van der Waals surface area contributed by atoms with E-state index in [0.29, 0.717) is 11.4 Å². The van der Waals surface area contributed by atoms with E-state index in [9.17, 15) is 4.79 Å². The highest BCUT2D eigenvalue weighted by Gasteiger charge is 2.13. The molecule has 1 amide bonds. The number of imidazole rings is 1. The van der Waals surface area contributed by atoms with E-state index in [0.717, 1.165) is 11.4 Å². The number of rotatable bonds is 4. The Labute approximate surface area is 116 Å². The zero-order chi connectivity index (χ0) is 13.8. The van der Waals surface area contributed by atoms with Crippen LogP contribution in [-0.4, -0.2) is 15.5 Å². The third kappa shape index (κ3) is 3.33. The highest BCUT2D eigenvalue weighted by molar-refractivity contribution is 6.30. The number of nitrogens with zero attached hydrogens (tertiary/aromatic N) is 2. The summed E-state index contributed by atoms with van der Waals surface area (Å²) in [5, 5.41) is 0.670. The lowest BCUT2D eigenvalue weighted by molar-refractivity contribution is -0.124. The molecule has 6 heteroatoms. The fraction of sp³-hybridized carbons (Fsp3) is 0.231. The Hall–Kier alpha value is -1.85. The fourth-order valence-corrected chi connectivity index (χ4v) is 1.98. The van der Waals surface area contributed by atoms with Crippen LogP contribution >= 0.6 is 11.6 Å². The topological polar surface area (TPSA) is 72.9 Å². The maximum atomic E-state index is 11.3. The number of benzene rings is 1. The molecule has 0 saturated carbocycles. The van der Waals surface area contributed by atoms with Gasteiger partial charge in [0.1, 0.15) is 0 Å². The third-order valence-electron chi connectivity index (χ3n) is 2.85. The van der Waals surface area contributed by atoms with Gasteiger partial charge in [-0.25, -0.2) is 10.8 Å². The molecule has 0 aliphatic rings. The highest BCUT2D eigenvalue weighted by atomic mass is 35.5. The third-order valence-corrected chi connectivity index (χ3v) is 3.08. The molecule has 1 aromatic heterocycles. The Balaban J connectivity index is 2.13. The molecule has 0 saturated heterocycles. The standard InChI is InChI=1S/C13H15ClN4O/c1-9(13(19)17-15)5-11-7-18(8-16-11)12-4-2-3-10(14)6-12/h2-4,6-9H,5,15H2,1H3,(H,17,19). The van der Waals surface area contributed by atoms with E-state index >= 15 is 0 Å². The summed E-state index contributed by atoms with van der Waals surface area (Å²) < 4.78 is 1.87. The number of hydrogen-bond acceptors (Lipinski definition) is 3. The number of hydrazine groups is 1. The van der Waals surface area contributed by atoms with Crippen molar-refractivity contribution in [1.29, 1.82) is 0 Å². The zero-order valence-corrected chi connectivity index (χ0v) is 11.3. The van der Waals surface area contributed by atoms with Gasteiger partial charge < -0.3 is 4.57 Å². The first-order valence-corrected chi connectivity index (χ1v) is 6.27. The molecule has 3 N–H and O–H groups in total. The Morgan fingerprint density at radius 1 is 1.58 bits per heavy atom. The fourth-order valence-electron chi connectivity index (χ4n) is 1.80. The van der Waals surface area contributed by atoms with E-state index in [4.69, 9.17) is 17.4 Å². The molecule has 2 rings (SSSR count). The van der Waals surface area contributed by atoms with Crippen LogP contribution in [0.15, 0.2) is 36.8 Å². The minimum absolute atomic E-state index is 0.197. The summed E-state index contributed by atoms with van der Waals surface area (Å²) in [7, 11) is 0. The maximum absolute atomic E-state index is 11.3. The predicted molar refractivity (Wildman–Crippen MR) is 73.8 cm³/mol. The van der Waals surface area contributed by atoms with Crippen LogP contribution < -0.4 is 11.3 Å². The SMILES string of the molecule is CC(Cc1cn(-c2cccc(Cl)c2)cn1)C(=O)NN. The average molecular weight is 279 g/mol. The van der Waals surface area contributed by atoms with Gasteiger partial charge in [0.05, 0.1) is 12.0 Å². The average Bonchev–Trinajstić information content (AvgIpc) is 2.86. The Bertz CT molecular complexity index is 582. The first kappa shape index (κ1) is 13.6. The Morgan fingerprint density at radius 2 is 2.37 bits per heavy atom. The number of hydrogen-bond donors (Lipinski definition) is 2. The van der Waals surface area contributed by atoms with Crippen LogP contribution in [0.5, 0.6) is 0 Å². The van der Waals surface area contributed by atoms with Gasteiger partial charge in [-0.2, -0.15) is 0 Å². The zero-order valence-electron chi connectivity index (χ0n) is 10.5. The van der Waals surface area contributed by atoms with Crippen LogP contribution in [-0.2, 0) is 11.2 Å². The van der Waals surface area contributed by atoms with Crippen molar-refractivity contribution in [2.24, 2.45) is 11.8 Å². The molecule has 19 heavy (non-hydrogen) atoms. The van der Waals surface area contributed by atoms with Crippen LogP contribution in [0.25, 0.3) is 5.69 Å². The molecule has 0 spiro atoms. The second-order valence-electron chi connectivity index (χ2n) is 4.37. The van der Waals surface area contributed by atoms with Gasteiger partial charge in [0.25, 0.3) is 0 Å². The normalized spacial score (nSPS) is 12.2. The largest absolute Gasteiger partial charge is 0.306 e. The van der Waals surface area contributed by atoms with Crippen molar-refractivity contribution in [2.75, 3.05) is 0 Å². The molecule has 0 radical (unpaired) electrons. The molecule has 0 fully saturated rings. The summed E-state index contributed by atoms with van der Waals surface area (Å²) in [5.41, 5.74) is 3.90. The molecule has 1 aromatic carbocycles. The van der Waals surface area contributed by atoms with Gasteiger partial charge in [-0.15, -0.1) is 0 Å². The van der Waals surface area contributed by atoms with Crippen molar-refractivity contribution >= 4 is 17.5 Å². The lowest BCUT2D eigenvalue weighted by Crippen LogP contribution is -2.35.